The van der Waals surface area contributed by atoms with E-state index in [1.165, 1.54) is 6.92 Å². The first-order chi connectivity index (χ1) is 11.5. The predicted octanol–water partition coefficient (Wildman–Crippen LogP) is 0.860. The highest BCUT2D eigenvalue weighted by Gasteiger charge is 2.51. The molecule has 1 saturated carbocycles. The van der Waals surface area contributed by atoms with Gasteiger partial charge in [0, 0.05) is 39.1 Å². The fourth-order valence-corrected chi connectivity index (χ4v) is 4.43. The molecule has 6 heteroatoms. The van der Waals surface area contributed by atoms with Crippen LogP contribution < -0.4 is 5.32 Å². The summed E-state index contributed by atoms with van der Waals surface area (Å²) < 4.78 is 5.47. The molecule has 0 radical (unpaired) electrons. The van der Waals surface area contributed by atoms with Crippen molar-refractivity contribution < 1.29 is 14.3 Å². The Hall–Kier alpha value is -1.14. The molecule has 0 unspecified atom stereocenters. The van der Waals surface area contributed by atoms with Crippen molar-refractivity contribution in [3.8, 4) is 0 Å². The lowest BCUT2D eigenvalue weighted by molar-refractivity contribution is -0.141. The normalized spacial score (nSPS) is 30.9. The van der Waals surface area contributed by atoms with Crippen LogP contribution in [0, 0.1) is 11.8 Å². The van der Waals surface area contributed by atoms with Crippen LogP contribution in [-0.2, 0) is 14.3 Å². The van der Waals surface area contributed by atoms with Crippen LogP contribution in [0.3, 0.4) is 0 Å². The van der Waals surface area contributed by atoms with Crippen LogP contribution in [0.4, 0.5) is 0 Å². The van der Waals surface area contributed by atoms with Crippen molar-refractivity contribution in [2.45, 2.75) is 51.6 Å². The first-order valence-electron chi connectivity index (χ1n) is 9.35. The molecule has 3 rings (SSSR count). The smallest absolute Gasteiger partial charge is 0.248 e. The molecule has 24 heavy (non-hydrogen) atoms. The lowest BCUT2D eigenvalue weighted by Crippen LogP contribution is -2.59. The Balaban J connectivity index is 1.71. The first kappa shape index (κ1) is 17.7. The molecule has 0 aromatic heterocycles. The van der Waals surface area contributed by atoms with Crippen LogP contribution in [0.1, 0.15) is 40.0 Å². The molecule has 2 aliphatic heterocycles. The van der Waals surface area contributed by atoms with E-state index in [1.807, 2.05) is 11.8 Å². The number of carbonyl (C=O) groups excluding carboxylic acids is 2. The van der Waals surface area contributed by atoms with Gasteiger partial charge in [-0.3, -0.25) is 14.5 Å². The predicted molar refractivity (Wildman–Crippen MR) is 91.5 cm³/mol. The molecule has 6 nitrogen and oxygen atoms in total. The average molecular weight is 337 g/mol. The Labute approximate surface area is 144 Å². The van der Waals surface area contributed by atoms with Crippen molar-refractivity contribution in [1.29, 1.82) is 0 Å². The summed E-state index contributed by atoms with van der Waals surface area (Å²) in [6.45, 7) is 10.7. The maximum atomic E-state index is 13.2. The Bertz CT molecular complexity index is 488. The third-order valence-corrected chi connectivity index (χ3v) is 6.01. The molecule has 3 fully saturated rings. The zero-order valence-electron chi connectivity index (χ0n) is 15.2. The molecule has 1 aliphatic carbocycles. The van der Waals surface area contributed by atoms with E-state index in [0.717, 1.165) is 58.7 Å². The van der Waals surface area contributed by atoms with Gasteiger partial charge in [-0.2, -0.15) is 0 Å². The molecule has 2 heterocycles. The Kier molecular flexibility index (Phi) is 5.16. The number of likely N-dealkylation sites (tertiary alicyclic amines) is 1. The van der Waals surface area contributed by atoms with E-state index in [1.54, 1.807) is 0 Å². The summed E-state index contributed by atoms with van der Waals surface area (Å²) in [5.74, 6) is 0.785. The van der Waals surface area contributed by atoms with Gasteiger partial charge in [-0.05, 0) is 31.6 Å². The van der Waals surface area contributed by atoms with Gasteiger partial charge in [0.15, 0.2) is 0 Å². The lowest BCUT2D eigenvalue weighted by Gasteiger charge is -2.35. The highest BCUT2D eigenvalue weighted by atomic mass is 16.5. The number of hydrogen-bond donors (Lipinski definition) is 1. The van der Waals surface area contributed by atoms with Crippen molar-refractivity contribution >= 4 is 11.8 Å². The highest BCUT2D eigenvalue weighted by molar-refractivity contribution is 5.91. The summed E-state index contributed by atoms with van der Waals surface area (Å²) in [5.41, 5.74) is -0.732. The van der Waals surface area contributed by atoms with Gasteiger partial charge in [-0.15, -0.1) is 0 Å². The van der Waals surface area contributed by atoms with Crippen molar-refractivity contribution in [2.24, 2.45) is 11.8 Å². The summed E-state index contributed by atoms with van der Waals surface area (Å²) in [4.78, 5) is 29.4. The van der Waals surface area contributed by atoms with E-state index >= 15 is 0 Å². The molecule has 2 amide bonds. The average Bonchev–Trinajstić information content (AvgIpc) is 3.34. The summed E-state index contributed by atoms with van der Waals surface area (Å²) >= 11 is 0. The minimum absolute atomic E-state index is 0.106. The number of nitrogens with zero attached hydrogens (tertiary/aromatic N) is 2. The summed E-state index contributed by atoms with van der Waals surface area (Å²) in [5, 5.41) is 2.96. The van der Waals surface area contributed by atoms with Crippen molar-refractivity contribution in [3.63, 3.8) is 0 Å². The highest BCUT2D eigenvalue weighted by Crippen LogP contribution is 2.41. The van der Waals surface area contributed by atoms with Crippen LogP contribution in [0.25, 0.3) is 0 Å². The summed E-state index contributed by atoms with van der Waals surface area (Å²) in [7, 11) is 0. The quantitative estimate of drug-likeness (QED) is 0.808. The lowest BCUT2D eigenvalue weighted by atomic mass is 9.93. The molecule has 3 atom stereocenters. The number of morpholine rings is 1. The van der Waals surface area contributed by atoms with E-state index in [9.17, 15) is 9.59 Å². The number of nitrogens with one attached hydrogen (secondary N) is 1. The van der Waals surface area contributed by atoms with Gasteiger partial charge in [0.05, 0.1) is 13.2 Å². The zero-order chi connectivity index (χ0) is 17.3. The van der Waals surface area contributed by atoms with Crippen molar-refractivity contribution in [3.05, 3.63) is 0 Å². The van der Waals surface area contributed by atoms with Gasteiger partial charge in [-0.25, -0.2) is 0 Å². The minimum Gasteiger partial charge on any atom is -0.379 e. The van der Waals surface area contributed by atoms with Gasteiger partial charge in [-0.1, -0.05) is 13.3 Å². The third-order valence-electron chi connectivity index (χ3n) is 6.01. The molecule has 0 aromatic carbocycles. The van der Waals surface area contributed by atoms with Gasteiger partial charge < -0.3 is 15.0 Å². The Morgan fingerprint density at radius 2 is 1.88 bits per heavy atom. The van der Waals surface area contributed by atoms with E-state index in [0.29, 0.717) is 12.0 Å². The second kappa shape index (κ2) is 7.00. The van der Waals surface area contributed by atoms with Crippen LogP contribution in [-0.4, -0.2) is 72.6 Å². The van der Waals surface area contributed by atoms with Gasteiger partial charge in [0.2, 0.25) is 11.8 Å². The molecule has 136 valence electrons. The maximum Gasteiger partial charge on any atom is 0.248 e. The van der Waals surface area contributed by atoms with Crippen molar-refractivity contribution in [2.75, 3.05) is 39.4 Å². The molecule has 0 aromatic rings. The van der Waals surface area contributed by atoms with Gasteiger partial charge in [0.25, 0.3) is 0 Å². The summed E-state index contributed by atoms with van der Waals surface area (Å²) in [6, 6.07) is 0.420. The monoisotopic (exact) mass is 337 g/mol. The van der Waals surface area contributed by atoms with E-state index in [2.05, 4.69) is 17.1 Å². The second-order valence-corrected chi connectivity index (χ2v) is 7.75. The minimum atomic E-state index is -0.732. The van der Waals surface area contributed by atoms with Crippen LogP contribution in [0.5, 0.6) is 0 Å². The molecule has 2 saturated heterocycles. The zero-order valence-corrected chi connectivity index (χ0v) is 15.2. The molecular formula is C18H31N3O3. The number of carbonyl (C=O) groups is 2. The van der Waals surface area contributed by atoms with E-state index in [-0.39, 0.29) is 17.7 Å². The Morgan fingerprint density at radius 3 is 2.42 bits per heavy atom. The topological polar surface area (TPSA) is 61.9 Å². The fraction of sp³-hybridized carbons (Fsp3) is 0.889. The third kappa shape index (κ3) is 3.45. The number of amides is 2. The first-order valence-corrected chi connectivity index (χ1v) is 9.35. The largest absolute Gasteiger partial charge is 0.379 e. The van der Waals surface area contributed by atoms with Crippen LogP contribution in [0.15, 0.2) is 0 Å². The number of hydrogen-bond acceptors (Lipinski definition) is 4. The van der Waals surface area contributed by atoms with Crippen LogP contribution in [0.2, 0.25) is 0 Å². The molecule has 0 bridgehead atoms. The molecular weight excluding hydrogens is 306 g/mol. The van der Waals surface area contributed by atoms with E-state index in [4.69, 9.17) is 4.74 Å². The maximum absolute atomic E-state index is 13.2. The summed E-state index contributed by atoms with van der Waals surface area (Å²) in [6.07, 6.45) is 3.13. The molecule has 3 aliphatic rings. The fourth-order valence-electron chi connectivity index (χ4n) is 4.43. The van der Waals surface area contributed by atoms with E-state index < -0.39 is 5.54 Å². The number of rotatable bonds is 5. The van der Waals surface area contributed by atoms with Gasteiger partial charge in [0.1, 0.15) is 5.54 Å². The standard InChI is InChI=1S/C18H31N3O3/c1-4-14-11-21(12-16(14)20-7-9-24-10-8-20)17(23)18(3,15-5-6-15)19-13(2)22/h14-16H,4-12H2,1-3H3,(H,19,22)/t14-,16-,18-/m1/s1. The molecule has 0 spiro atoms. The Morgan fingerprint density at radius 1 is 1.21 bits per heavy atom. The second-order valence-electron chi connectivity index (χ2n) is 7.75. The van der Waals surface area contributed by atoms with Crippen LogP contribution >= 0.6 is 0 Å². The van der Waals surface area contributed by atoms with Crippen molar-refractivity contribution in [1.82, 2.24) is 15.1 Å². The number of ether oxygens (including phenoxy) is 1. The van der Waals surface area contributed by atoms with Gasteiger partial charge >= 0.3 is 0 Å². The molecule has 1 N–H and O–H groups in total. The SMILES string of the molecule is CC[C@@H]1CN(C(=O)[C@](C)(NC(C)=O)C2CC2)C[C@H]1N1CCOCC1.